The molecule has 90 valence electrons. The second-order valence-electron chi connectivity index (χ2n) is 3.69. The average Bonchev–Trinajstić information content (AvgIpc) is 2.81. The van der Waals surface area contributed by atoms with E-state index >= 15 is 0 Å². The van der Waals surface area contributed by atoms with Crippen molar-refractivity contribution in [1.82, 2.24) is 19.9 Å². The van der Waals surface area contributed by atoms with Gasteiger partial charge in [-0.25, -0.2) is 9.37 Å². The van der Waals surface area contributed by atoms with E-state index in [1.807, 2.05) is 17.7 Å². The molecule has 17 heavy (non-hydrogen) atoms. The number of rotatable bonds is 4. The molecule has 0 fully saturated rings. The molecule has 2 heterocycles. The minimum absolute atomic E-state index is 0.257. The average molecular weight is 234 g/mol. The van der Waals surface area contributed by atoms with Crippen LogP contribution in [0.5, 0.6) is 0 Å². The number of nitrogens with one attached hydrogen (secondary N) is 1. The molecule has 2 rings (SSSR count). The number of hydrogen-bond donors (Lipinski definition) is 1. The zero-order valence-electron chi connectivity index (χ0n) is 9.89. The largest absolute Gasteiger partial charge is 0.334 e. The lowest BCUT2D eigenvalue weighted by Crippen LogP contribution is -2.23. The molecule has 1 unspecified atom stereocenters. The summed E-state index contributed by atoms with van der Waals surface area (Å²) in [5, 5.41) is 3.09. The Kier molecular flexibility index (Phi) is 3.49. The van der Waals surface area contributed by atoms with Gasteiger partial charge in [0.25, 0.3) is 0 Å². The number of nitrogens with zero attached hydrogens (tertiary/aromatic N) is 3. The molecule has 1 N–H and O–H groups in total. The molecular weight excluding hydrogens is 219 g/mol. The van der Waals surface area contributed by atoms with Gasteiger partial charge in [-0.05, 0) is 20.0 Å². The Labute approximate surface area is 99.5 Å². The third-order valence-electron chi connectivity index (χ3n) is 2.75. The summed E-state index contributed by atoms with van der Waals surface area (Å²) in [6, 6.07) is 1.42. The smallest absolute Gasteiger partial charge is 0.146 e. The first-order valence-corrected chi connectivity index (χ1v) is 5.55. The second-order valence-corrected chi connectivity index (χ2v) is 3.69. The van der Waals surface area contributed by atoms with Crippen molar-refractivity contribution in [2.24, 2.45) is 0 Å². The summed E-state index contributed by atoms with van der Waals surface area (Å²) in [6.45, 7) is 2.83. The number of imidazole rings is 1. The molecule has 0 radical (unpaired) electrons. The zero-order chi connectivity index (χ0) is 12.3. The van der Waals surface area contributed by atoms with E-state index < -0.39 is 0 Å². The van der Waals surface area contributed by atoms with E-state index in [-0.39, 0.29) is 11.9 Å². The highest BCUT2D eigenvalue weighted by molar-refractivity contribution is 5.24. The maximum Gasteiger partial charge on any atom is 0.146 e. The predicted octanol–water partition coefficient (Wildman–Crippen LogP) is 1.75. The van der Waals surface area contributed by atoms with Crippen LogP contribution in [0.2, 0.25) is 0 Å². The van der Waals surface area contributed by atoms with Crippen LogP contribution in [0.15, 0.2) is 30.9 Å². The quantitative estimate of drug-likeness (QED) is 0.876. The van der Waals surface area contributed by atoms with Crippen LogP contribution in [0.3, 0.4) is 0 Å². The van der Waals surface area contributed by atoms with Gasteiger partial charge in [0.15, 0.2) is 0 Å². The molecule has 5 heteroatoms. The molecule has 0 aliphatic carbocycles. The Morgan fingerprint density at radius 3 is 2.94 bits per heavy atom. The molecule has 0 aromatic carbocycles. The Balaban J connectivity index is 2.44. The van der Waals surface area contributed by atoms with Crippen molar-refractivity contribution >= 4 is 0 Å². The van der Waals surface area contributed by atoms with Crippen molar-refractivity contribution in [2.45, 2.75) is 19.5 Å². The summed E-state index contributed by atoms with van der Waals surface area (Å²) in [7, 11) is 1.79. The van der Waals surface area contributed by atoms with Gasteiger partial charge in [0, 0.05) is 30.7 Å². The van der Waals surface area contributed by atoms with Gasteiger partial charge in [0.1, 0.15) is 11.6 Å². The Morgan fingerprint density at radius 1 is 1.47 bits per heavy atom. The molecule has 2 aromatic heterocycles. The summed E-state index contributed by atoms with van der Waals surface area (Å²) >= 11 is 0. The number of aromatic nitrogens is 3. The van der Waals surface area contributed by atoms with E-state index in [1.54, 1.807) is 25.5 Å². The standard InChI is InChI=1S/C12H15FN4/c1-3-17-7-6-16-12(17)11(14-2)9-4-5-15-8-10(9)13/h4-8,11,14H,3H2,1-2H3. The van der Waals surface area contributed by atoms with Gasteiger partial charge in [-0.15, -0.1) is 0 Å². The maximum absolute atomic E-state index is 13.7. The number of hydrogen-bond acceptors (Lipinski definition) is 3. The van der Waals surface area contributed by atoms with Crippen molar-refractivity contribution in [1.29, 1.82) is 0 Å². The number of aryl methyl sites for hydroxylation is 1. The lowest BCUT2D eigenvalue weighted by Gasteiger charge is -2.17. The van der Waals surface area contributed by atoms with Crippen molar-refractivity contribution < 1.29 is 4.39 Å². The van der Waals surface area contributed by atoms with Crippen LogP contribution in [-0.4, -0.2) is 21.6 Å². The lowest BCUT2D eigenvalue weighted by molar-refractivity contribution is 0.539. The minimum atomic E-state index is -0.322. The first-order valence-electron chi connectivity index (χ1n) is 5.55. The third-order valence-corrected chi connectivity index (χ3v) is 2.75. The Hall–Kier alpha value is -1.75. The van der Waals surface area contributed by atoms with Gasteiger partial charge >= 0.3 is 0 Å². The van der Waals surface area contributed by atoms with Crippen LogP contribution in [0, 0.1) is 5.82 Å². The molecule has 2 aromatic rings. The molecule has 1 atom stereocenters. The van der Waals surface area contributed by atoms with Crippen molar-refractivity contribution in [2.75, 3.05) is 7.05 Å². The van der Waals surface area contributed by atoms with Crippen molar-refractivity contribution in [3.05, 3.63) is 48.1 Å². The van der Waals surface area contributed by atoms with Crippen LogP contribution in [0.25, 0.3) is 0 Å². The fourth-order valence-corrected chi connectivity index (χ4v) is 1.89. The SMILES string of the molecule is CCn1ccnc1C(NC)c1ccncc1F. The lowest BCUT2D eigenvalue weighted by atomic mass is 10.1. The van der Waals surface area contributed by atoms with Crippen LogP contribution in [0.1, 0.15) is 24.4 Å². The van der Waals surface area contributed by atoms with Gasteiger partial charge in [0.2, 0.25) is 0 Å². The molecular formula is C12H15FN4. The highest BCUT2D eigenvalue weighted by Gasteiger charge is 2.19. The highest BCUT2D eigenvalue weighted by Crippen LogP contribution is 2.22. The first kappa shape index (κ1) is 11.7. The first-order chi connectivity index (χ1) is 8.27. The summed E-state index contributed by atoms with van der Waals surface area (Å²) in [5.74, 6) is 0.484. The van der Waals surface area contributed by atoms with Gasteiger partial charge in [-0.3, -0.25) is 4.98 Å². The van der Waals surface area contributed by atoms with Gasteiger partial charge in [-0.1, -0.05) is 0 Å². The van der Waals surface area contributed by atoms with E-state index in [0.29, 0.717) is 5.56 Å². The number of pyridine rings is 1. The summed E-state index contributed by atoms with van der Waals surface area (Å²) < 4.78 is 15.7. The maximum atomic E-state index is 13.7. The van der Waals surface area contributed by atoms with Crippen LogP contribution in [0.4, 0.5) is 4.39 Å². The molecule has 0 aliphatic heterocycles. The van der Waals surface area contributed by atoms with Crippen LogP contribution < -0.4 is 5.32 Å². The summed E-state index contributed by atoms with van der Waals surface area (Å²) in [5.41, 5.74) is 0.559. The molecule has 0 saturated heterocycles. The molecule has 0 bridgehead atoms. The van der Waals surface area contributed by atoms with Gasteiger partial charge in [-0.2, -0.15) is 0 Å². The van der Waals surface area contributed by atoms with E-state index in [2.05, 4.69) is 15.3 Å². The Bertz CT molecular complexity index is 495. The summed E-state index contributed by atoms with van der Waals surface area (Å²) in [6.07, 6.45) is 6.42. The monoisotopic (exact) mass is 234 g/mol. The van der Waals surface area contributed by atoms with Crippen molar-refractivity contribution in [3.8, 4) is 0 Å². The molecule has 0 spiro atoms. The van der Waals surface area contributed by atoms with Crippen LogP contribution in [-0.2, 0) is 6.54 Å². The topological polar surface area (TPSA) is 42.7 Å². The van der Waals surface area contributed by atoms with E-state index in [1.165, 1.54) is 6.20 Å². The molecule has 0 amide bonds. The third kappa shape index (κ3) is 2.19. The zero-order valence-corrected chi connectivity index (χ0v) is 9.89. The Morgan fingerprint density at radius 2 is 2.29 bits per heavy atom. The molecule has 0 saturated carbocycles. The fourth-order valence-electron chi connectivity index (χ4n) is 1.89. The van der Waals surface area contributed by atoms with Gasteiger partial charge in [0.05, 0.1) is 12.2 Å². The van der Waals surface area contributed by atoms with Crippen molar-refractivity contribution in [3.63, 3.8) is 0 Å². The molecule has 0 aliphatic rings. The highest BCUT2D eigenvalue weighted by atomic mass is 19.1. The van der Waals surface area contributed by atoms with E-state index in [4.69, 9.17) is 0 Å². The molecule has 4 nitrogen and oxygen atoms in total. The predicted molar refractivity (Wildman–Crippen MR) is 63.0 cm³/mol. The van der Waals surface area contributed by atoms with Gasteiger partial charge < -0.3 is 9.88 Å². The second kappa shape index (κ2) is 5.05. The summed E-state index contributed by atoms with van der Waals surface area (Å²) in [4.78, 5) is 8.04. The van der Waals surface area contributed by atoms with Crippen LogP contribution >= 0.6 is 0 Å². The number of halogens is 1. The normalized spacial score (nSPS) is 12.6. The minimum Gasteiger partial charge on any atom is -0.334 e. The van der Waals surface area contributed by atoms with E-state index in [0.717, 1.165) is 12.4 Å². The van der Waals surface area contributed by atoms with E-state index in [9.17, 15) is 4.39 Å². The fraction of sp³-hybridized carbons (Fsp3) is 0.333.